The third kappa shape index (κ3) is 8.31. The van der Waals surface area contributed by atoms with Gasteiger partial charge < -0.3 is 10.2 Å². The Labute approximate surface area is 79.8 Å². The van der Waals surface area contributed by atoms with Gasteiger partial charge in [-0.3, -0.25) is 0 Å². The van der Waals surface area contributed by atoms with Gasteiger partial charge in [-0.25, -0.2) is 0 Å². The summed E-state index contributed by atoms with van der Waals surface area (Å²) in [5, 5.41) is 17.8. The fraction of sp³-hybridized carbons (Fsp3) is 1.00. The maximum atomic E-state index is 10.8. The van der Waals surface area contributed by atoms with E-state index in [4.69, 9.17) is 9.63 Å². The third-order valence-corrected chi connectivity index (χ3v) is 2.57. The van der Waals surface area contributed by atoms with Gasteiger partial charge in [-0.2, -0.15) is 0 Å². The molecule has 0 aromatic heterocycles. The molecule has 13 heavy (non-hydrogen) atoms. The molecule has 0 saturated carbocycles. The largest absolute Gasteiger partial charge is 0.507 e. The van der Waals surface area contributed by atoms with Gasteiger partial charge in [-0.15, -0.1) is 4.52 Å². The van der Waals surface area contributed by atoms with E-state index in [2.05, 4.69) is 0 Å². The molecule has 0 rings (SSSR count). The second-order valence-corrected chi connectivity index (χ2v) is 4.37. The van der Waals surface area contributed by atoms with Crippen LogP contribution in [0.1, 0.15) is 26.2 Å². The van der Waals surface area contributed by atoms with E-state index < -0.39 is 14.1 Å². The first-order valence-corrected chi connectivity index (χ1v) is 5.93. The fourth-order valence-corrected chi connectivity index (χ4v) is 1.36. The zero-order chi connectivity index (χ0) is 10.1. The molecule has 0 radical (unpaired) electrons. The lowest BCUT2D eigenvalue weighted by Gasteiger charge is -2.04. The van der Waals surface area contributed by atoms with Gasteiger partial charge in [0.1, 0.15) is 6.61 Å². The van der Waals surface area contributed by atoms with Crippen molar-refractivity contribution in [3.8, 4) is 0 Å². The predicted molar refractivity (Wildman–Crippen MR) is 51.0 cm³/mol. The van der Waals surface area contributed by atoms with Gasteiger partial charge >= 0.3 is 8.03 Å². The average Bonchev–Trinajstić information content (AvgIpc) is 2.14. The van der Waals surface area contributed by atoms with Gasteiger partial charge in [0.25, 0.3) is 0 Å². The molecule has 2 atom stereocenters. The second-order valence-electron chi connectivity index (χ2n) is 2.82. The van der Waals surface area contributed by atoms with Crippen molar-refractivity contribution in [2.75, 3.05) is 19.4 Å². The first-order valence-electron chi connectivity index (χ1n) is 4.57. The average molecular weight is 209 g/mol. The summed E-state index contributed by atoms with van der Waals surface area (Å²) in [6.07, 6.45) is 1.98. The molecule has 0 aromatic carbocycles. The zero-order valence-corrected chi connectivity index (χ0v) is 8.87. The first-order chi connectivity index (χ1) is 6.20. The molecule has 0 bridgehead atoms. The van der Waals surface area contributed by atoms with Crippen LogP contribution >= 0.6 is 8.03 Å². The number of aliphatic hydroxyl groups is 2. The topological polar surface area (TPSA) is 66.8 Å². The van der Waals surface area contributed by atoms with Crippen molar-refractivity contribution in [2.45, 2.75) is 32.3 Å². The van der Waals surface area contributed by atoms with Crippen molar-refractivity contribution in [1.82, 2.24) is 0 Å². The van der Waals surface area contributed by atoms with E-state index in [0.29, 0.717) is 19.0 Å². The number of rotatable bonds is 8. The summed E-state index contributed by atoms with van der Waals surface area (Å²) < 4.78 is 15.7. The normalized spacial score (nSPS) is 14.2. The van der Waals surface area contributed by atoms with E-state index in [0.717, 1.165) is 6.42 Å². The monoisotopic (exact) mass is 209 g/mol. The van der Waals surface area contributed by atoms with Crippen molar-refractivity contribution in [3.63, 3.8) is 0 Å². The summed E-state index contributed by atoms with van der Waals surface area (Å²) in [5.74, 6) is 0. The molecule has 5 heteroatoms. The Morgan fingerprint density at radius 2 is 2.15 bits per heavy atom. The SMILES string of the molecule is CC[P+](=O)OCC(O)CCCCO. The Morgan fingerprint density at radius 3 is 2.69 bits per heavy atom. The summed E-state index contributed by atoms with van der Waals surface area (Å²) in [4.78, 5) is 0. The second kappa shape index (κ2) is 8.57. The molecule has 0 aromatic rings. The highest BCUT2D eigenvalue weighted by molar-refractivity contribution is 7.39. The zero-order valence-electron chi connectivity index (χ0n) is 7.98. The maximum Gasteiger partial charge on any atom is 0.507 e. The van der Waals surface area contributed by atoms with Crippen LogP contribution in [0.15, 0.2) is 0 Å². The lowest BCUT2D eigenvalue weighted by atomic mass is 10.2. The third-order valence-electron chi connectivity index (χ3n) is 1.61. The van der Waals surface area contributed by atoms with Crippen LogP contribution in [0.4, 0.5) is 0 Å². The molecule has 0 aliphatic carbocycles. The van der Waals surface area contributed by atoms with Crippen LogP contribution in [0.2, 0.25) is 0 Å². The molecular formula is C8H18O4P+. The molecule has 0 heterocycles. The van der Waals surface area contributed by atoms with E-state index in [1.807, 2.05) is 0 Å². The molecule has 0 aliphatic heterocycles. The molecule has 0 fully saturated rings. The van der Waals surface area contributed by atoms with E-state index >= 15 is 0 Å². The Hall–Kier alpha value is -0.0200. The van der Waals surface area contributed by atoms with Crippen LogP contribution in [-0.2, 0) is 9.09 Å². The molecule has 2 N–H and O–H groups in total. The quantitative estimate of drug-likeness (QED) is 0.467. The molecule has 0 saturated heterocycles. The highest BCUT2D eigenvalue weighted by atomic mass is 31.1. The van der Waals surface area contributed by atoms with Gasteiger partial charge in [0, 0.05) is 6.61 Å². The molecule has 78 valence electrons. The molecule has 0 spiro atoms. The lowest BCUT2D eigenvalue weighted by molar-refractivity contribution is 0.100. The predicted octanol–water partition coefficient (Wildman–Crippen LogP) is 1.29. The maximum absolute atomic E-state index is 10.8. The van der Waals surface area contributed by atoms with Crippen LogP contribution in [0, 0.1) is 0 Å². The minimum atomic E-state index is -1.59. The van der Waals surface area contributed by atoms with E-state index in [1.165, 1.54) is 0 Å². The molecular weight excluding hydrogens is 191 g/mol. The number of hydrogen-bond acceptors (Lipinski definition) is 4. The van der Waals surface area contributed by atoms with Crippen molar-refractivity contribution in [3.05, 3.63) is 0 Å². The van der Waals surface area contributed by atoms with Crippen LogP contribution < -0.4 is 0 Å². The van der Waals surface area contributed by atoms with Crippen molar-refractivity contribution >= 4 is 8.03 Å². The minimum absolute atomic E-state index is 0.133. The molecule has 0 amide bonds. The van der Waals surface area contributed by atoms with Crippen molar-refractivity contribution in [1.29, 1.82) is 0 Å². The van der Waals surface area contributed by atoms with Gasteiger partial charge in [0.15, 0.2) is 6.16 Å². The van der Waals surface area contributed by atoms with E-state index in [-0.39, 0.29) is 13.2 Å². The van der Waals surface area contributed by atoms with Crippen LogP contribution in [0.25, 0.3) is 0 Å². The first kappa shape index (κ1) is 13.0. The van der Waals surface area contributed by atoms with Crippen molar-refractivity contribution in [2.24, 2.45) is 0 Å². The van der Waals surface area contributed by atoms with Crippen molar-refractivity contribution < 1.29 is 19.3 Å². The van der Waals surface area contributed by atoms with Gasteiger partial charge in [-0.05, 0) is 30.8 Å². The molecule has 2 unspecified atom stereocenters. The Balaban J connectivity index is 3.29. The number of aliphatic hydroxyl groups excluding tert-OH is 2. The van der Waals surface area contributed by atoms with Crippen LogP contribution in [-0.4, -0.2) is 35.7 Å². The highest BCUT2D eigenvalue weighted by Gasteiger charge is 2.15. The van der Waals surface area contributed by atoms with Gasteiger partial charge in [0.05, 0.1) is 6.10 Å². The van der Waals surface area contributed by atoms with E-state index in [1.54, 1.807) is 6.92 Å². The smallest absolute Gasteiger partial charge is 0.396 e. The highest BCUT2D eigenvalue weighted by Crippen LogP contribution is 2.21. The molecule has 0 aliphatic rings. The summed E-state index contributed by atoms with van der Waals surface area (Å²) in [6, 6.07) is 0. The summed E-state index contributed by atoms with van der Waals surface area (Å²) >= 11 is 0. The minimum Gasteiger partial charge on any atom is -0.396 e. The molecule has 4 nitrogen and oxygen atoms in total. The Morgan fingerprint density at radius 1 is 1.46 bits per heavy atom. The van der Waals surface area contributed by atoms with Crippen LogP contribution in [0.3, 0.4) is 0 Å². The lowest BCUT2D eigenvalue weighted by Crippen LogP contribution is -2.13. The van der Waals surface area contributed by atoms with Gasteiger partial charge in [-0.1, -0.05) is 0 Å². The fourth-order valence-electron chi connectivity index (χ4n) is 0.836. The Bertz CT molecular complexity index is 140. The standard InChI is InChI=1S/C8H18O4P/c1-2-13(11)12-7-8(10)5-3-4-6-9/h8-10H,2-7H2,1H3/q+1. The number of hydrogen-bond donors (Lipinski definition) is 2. The summed E-state index contributed by atoms with van der Waals surface area (Å²) in [6.45, 7) is 2.06. The van der Waals surface area contributed by atoms with E-state index in [9.17, 15) is 9.67 Å². The summed E-state index contributed by atoms with van der Waals surface area (Å²) in [5.41, 5.74) is 0. The summed E-state index contributed by atoms with van der Waals surface area (Å²) in [7, 11) is -1.59. The Kier molecular flexibility index (Phi) is 8.56. The number of unbranched alkanes of at least 4 members (excludes halogenated alkanes) is 1. The van der Waals surface area contributed by atoms with Crippen LogP contribution in [0.5, 0.6) is 0 Å². The van der Waals surface area contributed by atoms with Gasteiger partial charge in [0.2, 0.25) is 0 Å².